The van der Waals surface area contributed by atoms with Crippen LogP contribution in [0.3, 0.4) is 0 Å². The summed E-state index contributed by atoms with van der Waals surface area (Å²) in [6.45, 7) is 6.69. The first-order valence-electron chi connectivity index (χ1n) is 8.83. The number of H-pyrrole nitrogens is 1. The van der Waals surface area contributed by atoms with Crippen molar-refractivity contribution < 1.29 is 0 Å². The second-order valence-electron chi connectivity index (χ2n) is 6.89. The van der Waals surface area contributed by atoms with Crippen molar-refractivity contribution in [2.45, 2.75) is 39.2 Å². The lowest BCUT2D eigenvalue weighted by atomic mass is 9.94. The molecule has 0 radical (unpaired) electrons. The Labute approximate surface area is 146 Å². The number of pyridine rings is 1. The van der Waals surface area contributed by atoms with E-state index in [1.807, 2.05) is 19.9 Å². The highest BCUT2D eigenvalue weighted by molar-refractivity contribution is 5.53. The molecule has 3 aromatic heterocycles. The van der Waals surface area contributed by atoms with E-state index in [0.29, 0.717) is 11.7 Å². The number of fused-ring (bicyclic) bond motifs is 1. The minimum absolute atomic E-state index is 0.0599. The number of likely N-dealkylation sites (tertiary alicyclic amines) is 1. The van der Waals surface area contributed by atoms with E-state index < -0.39 is 0 Å². The summed E-state index contributed by atoms with van der Waals surface area (Å²) in [6, 6.07) is 7.86. The molecule has 0 spiro atoms. The van der Waals surface area contributed by atoms with Gasteiger partial charge in [0, 0.05) is 31.3 Å². The SMILES string of the molecule is Cc1nc([C@@H]2CCCN(Cc3nc(C)n4ccccc34)C2)cc(=O)[nH]1. The molecule has 0 saturated carbocycles. The zero-order valence-corrected chi connectivity index (χ0v) is 14.7. The van der Waals surface area contributed by atoms with Gasteiger partial charge in [0.2, 0.25) is 0 Å². The number of nitrogens with zero attached hydrogens (tertiary/aromatic N) is 4. The van der Waals surface area contributed by atoms with Crippen LogP contribution in [0.25, 0.3) is 5.52 Å². The van der Waals surface area contributed by atoms with E-state index in [4.69, 9.17) is 4.98 Å². The highest BCUT2D eigenvalue weighted by Crippen LogP contribution is 2.26. The van der Waals surface area contributed by atoms with E-state index in [9.17, 15) is 4.79 Å². The molecular weight excluding hydrogens is 314 g/mol. The molecule has 4 heterocycles. The molecule has 6 heteroatoms. The van der Waals surface area contributed by atoms with Crippen molar-refractivity contribution in [2.75, 3.05) is 13.1 Å². The van der Waals surface area contributed by atoms with Gasteiger partial charge in [-0.1, -0.05) is 6.07 Å². The standard InChI is InChI=1S/C19H23N5O/c1-13-20-16(10-19(25)21-13)15-6-5-8-23(11-15)12-17-18-7-3-4-9-24(18)14(2)22-17/h3-4,7,9-10,15H,5-6,8,11-12H2,1-2H3,(H,20,21,25)/t15-/m1/s1. The van der Waals surface area contributed by atoms with Gasteiger partial charge in [0.15, 0.2) is 0 Å². The molecule has 0 amide bonds. The van der Waals surface area contributed by atoms with Gasteiger partial charge in [0.1, 0.15) is 11.6 Å². The molecule has 0 aromatic carbocycles. The van der Waals surface area contributed by atoms with Crippen LogP contribution in [-0.4, -0.2) is 37.3 Å². The van der Waals surface area contributed by atoms with Crippen LogP contribution in [-0.2, 0) is 6.54 Å². The maximum atomic E-state index is 11.8. The summed E-state index contributed by atoms with van der Waals surface area (Å²) < 4.78 is 2.14. The summed E-state index contributed by atoms with van der Waals surface area (Å²) in [7, 11) is 0. The number of aromatic amines is 1. The minimum atomic E-state index is -0.0599. The summed E-state index contributed by atoms with van der Waals surface area (Å²) >= 11 is 0. The van der Waals surface area contributed by atoms with Crippen LogP contribution in [0.2, 0.25) is 0 Å². The van der Waals surface area contributed by atoms with Gasteiger partial charge in [-0.3, -0.25) is 9.69 Å². The smallest absolute Gasteiger partial charge is 0.251 e. The van der Waals surface area contributed by atoms with Crippen LogP contribution in [0, 0.1) is 13.8 Å². The summed E-state index contributed by atoms with van der Waals surface area (Å²) in [4.78, 5) is 26.2. The molecule has 1 aliphatic rings. The van der Waals surface area contributed by atoms with Crippen molar-refractivity contribution in [3.63, 3.8) is 0 Å². The molecule has 1 N–H and O–H groups in total. The monoisotopic (exact) mass is 337 g/mol. The van der Waals surface area contributed by atoms with Gasteiger partial charge in [0.05, 0.1) is 16.9 Å². The predicted molar refractivity (Wildman–Crippen MR) is 96.8 cm³/mol. The first-order valence-corrected chi connectivity index (χ1v) is 8.83. The number of hydrogen-bond acceptors (Lipinski definition) is 4. The second-order valence-corrected chi connectivity index (χ2v) is 6.89. The minimum Gasteiger partial charge on any atom is -0.311 e. The first-order chi connectivity index (χ1) is 12.1. The number of aromatic nitrogens is 4. The van der Waals surface area contributed by atoms with E-state index in [2.05, 4.69) is 37.6 Å². The largest absolute Gasteiger partial charge is 0.311 e. The molecule has 0 bridgehead atoms. The zero-order chi connectivity index (χ0) is 17.4. The third-order valence-corrected chi connectivity index (χ3v) is 4.98. The van der Waals surface area contributed by atoms with Crippen LogP contribution < -0.4 is 5.56 Å². The van der Waals surface area contributed by atoms with Crippen molar-refractivity contribution in [3.05, 3.63) is 63.9 Å². The van der Waals surface area contributed by atoms with Gasteiger partial charge in [0.25, 0.3) is 5.56 Å². The van der Waals surface area contributed by atoms with Crippen LogP contribution in [0.15, 0.2) is 35.3 Å². The number of nitrogens with one attached hydrogen (secondary N) is 1. The van der Waals surface area contributed by atoms with Gasteiger partial charge >= 0.3 is 0 Å². The molecule has 1 atom stereocenters. The van der Waals surface area contributed by atoms with Gasteiger partial charge in [-0.15, -0.1) is 0 Å². The lowest BCUT2D eigenvalue weighted by Gasteiger charge is -2.32. The fourth-order valence-corrected chi connectivity index (χ4v) is 3.85. The van der Waals surface area contributed by atoms with Gasteiger partial charge < -0.3 is 9.38 Å². The molecule has 25 heavy (non-hydrogen) atoms. The fourth-order valence-electron chi connectivity index (χ4n) is 3.85. The van der Waals surface area contributed by atoms with Crippen molar-refractivity contribution in [3.8, 4) is 0 Å². The Balaban J connectivity index is 1.56. The normalized spacial score (nSPS) is 18.7. The van der Waals surface area contributed by atoms with Gasteiger partial charge in [-0.25, -0.2) is 9.97 Å². The first kappa shape index (κ1) is 16.0. The summed E-state index contributed by atoms with van der Waals surface area (Å²) in [5, 5.41) is 0. The van der Waals surface area contributed by atoms with Crippen LogP contribution in [0.4, 0.5) is 0 Å². The summed E-state index contributed by atoms with van der Waals surface area (Å²) in [5.74, 6) is 2.02. The van der Waals surface area contributed by atoms with E-state index in [1.54, 1.807) is 6.07 Å². The Hall–Kier alpha value is -2.47. The van der Waals surface area contributed by atoms with Crippen molar-refractivity contribution in [1.29, 1.82) is 0 Å². The van der Waals surface area contributed by atoms with Crippen LogP contribution in [0.1, 0.15) is 41.8 Å². The van der Waals surface area contributed by atoms with E-state index in [-0.39, 0.29) is 5.56 Å². The summed E-state index contributed by atoms with van der Waals surface area (Å²) in [6.07, 6.45) is 4.25. The average Bonchev–Trinajstić information content (AvgIpc) is 2.91. The highest BCUT2D eigenvalue weighted by Gasteiger charge is 2.24. The average molecular weight is 337 g/mol. The maximum Gasteiger partial charge on any atom is 0.251 e. The summed E-state index contributed by atoms with van der Waals surface area (Å²) in [5.41, 5.74) is 3.15. The highest BCUT2D eigenvalue weighted by atomic mass is 16.1. The van der Waals surface area contributed by atoms with Crippen LogP contribution in [0.5, 0.6) is 0 Å². The lowest BCUT2D eigenvalue weighted by Crippen LogP contribution is -2.34. The van der Waals surface area contributed by atoms with E-state index >= 15 is 0 Å². The molecule has 0 aliphatic carbocycles. The Kier molecular flexibility index (Phi) is 4.13. The molecule has 1 fully saturated rings. The fraction of sp³-hybridized carbons (Fsp3) is 0.421. The number of rotatable bonds is 3. The van der Waals surface area contributed by atoms with E-state index in [0.717, 1.165) is 49.7 Å². The van der Waals surface area contributed by atoms with Crippen LogP contribution >= 0.6 is 0 Å². The van der Waals surface area contributed by atoms with Crippen molar-refractivity contribution in [2.24, 2.45) is 0 Å². The molecular formula is C19H23N5O. The molecule has 4 rings (SSSR count). The molecule has 1 saturated heterocycles. The Morgan fingerprint density at radius 3 is 3.00 bits per heavy atom. The Bertz CT molecular complexity index is 958. The molecule has 3 aromatic rings. The molecule has 1 aliphatic heterocycles. The molecule has 130 valence electrons. The quantitative estimate of drug-likeness (QED) is 0.797. The lowest BCUT2D eigenvalue weighted by molar-refractivity contribution is 0.197. The maximum absolute atomic E-state index is 11.8. The topological polar surface area (TPSA) is 66.3 Å². The predicted octanol–water partition coefficient (Wildman–Crippen LogP) is 2.41. The van der Waals surface area contributed by atoms with Crippen molar-refractivity contribution >= 4 is 5.52 Å². The van der Waals surface area contributed by atoms with Crippen molar-refractivity contribution in [1.82, 2.24) is 24.3 Å². The van der Waals surface area contributed by atoms with E-state index in [1.165, 1.54) is 5.52 Å². The zero-order valence-electron chi connectivity index (χ0n) is 14.7. The third-order valence-electron chi connectivity index (χ3n) is 4.98. The van der Waals surface area contributed by atoms with Gasteiger partial charge in [-0.2, -0.15) is 0 Å². The number of piperidine rings is 1. The number of aryl methyl sites for hydroxylation is 2. The third kappa shape index (κ3) is 3.22. The Morgan fingerprint density at radius 2 is 2.16 bits per heavy atom. The molecule has 0 unspecified atom stereocenters. The molecule has 6 nitrogen and oxygen atoms in total. The number of hydrogen-bond donors (Lipinski definition) is 1. The Morgan fingerprint density at radius 1 is 1.28 bits per heavy atom. The van der Waals surface area contributed by atoms with Gasteiger partial charge in [-0.05, 0) is 45.4 Å². The number of imidazole rings is 1. The second kappa shape index (κ2) is 6.44.